The van der Waals surface area contributed by atoms with Crippen LogP contribution in [0.1, 0.15) is 10.4 Å². The number of aromatic hydroxyl groups is 1. The van der Waals surface area contributed by atoms with Crippen LogP contribution in [0, 0.1) is 0 Å². The molecule has 3 nitrogen and oxygen atoms in total. The molecule has 0 saturated carbocycles. The molecular formula is C9H9BrClNO2. The summed E-state index contributed by atoms with van der Waals surface area (Å²) in [6.45, 7) is 0.381. The fraction of sp³-hybridized carbons (Fsp3) is 0.222. The average molecular weight is 279 g/mol. The first-order valence-electron chi connectivity index (χ1n) is 3.98. The quantitative estimate of drug-likeness (QED) is 0.832. The van der Waals surface area contributed by atoms with Crippen LogP contribution in [-0.2, 0) is 0 Å². The summed E-state index contributed by atoms with van der Waals surface area (Å²) >= 11 is 8.63. The highest BCUT2D eigenvalue weighted by Gasteiger charge is 2.10. The highest BCUT2D eigenvalue weighted by molar-refractivity contribution is 9.10. The van der Waals surface area contributed by atoms with Crippen LogP contribution in [0.5, 0.6) is 5.75 Å². The molecule has 2 N–H and O–H groups in total. The molecule has 1 aromatic carbocycles. The maximum absolute atomic E-state index is 11.4. The Morgan fingerprint density at radius 3 is 2.93 bits per heavy atom. The third-order valence-electron chi connectivity index (χ3n) is 1.58. The third-order valence-corrected chi connectivity index (χ3v) is 2.27. The van der Waals surface area contributed by atoms with E-state index in [4.69, 9.17) is 11.6 Å². The monoisotopic (exact) mass is 277 g/mol. The van der Waals surface area contributed by atoms with Gasteiger partial charge in [-0.15, -0.1) is 11.6 Å². The van der Waals surface area contributed by atoms with E-state index in [9.17, 15) is 9.90 Å². The fourth-order valence-electron chi connectivity index (χ4n) is 0.946. The molecule has 1 amide bonds. The maximum Gasteiger partial charge on any atom is 0.255 e. The molecule has 0 radical (unpaired) electrons. The van der Waals surface area contributed by atoms with Gasteiger partial charge in [0.2, 0.25) is 0 Å². The second kappa shape index (κ2) is 5.22. The summed E-state index contributed by atoms with van der Waals surface area (Å²) in [6.07, 6.45) is 0. The minimum Gasteiger partial charge on any atom is -0.507 e. The molecule has 1 aromatic rings. The molecule has 0 unspecified atom stereocenters. The number of phenols is 1. The van der Waals surface area contributed by atoms with Gasteiger partial charge in [0.05, 0.1) is 5.56 Å². The van der Waals surface area contributed by atoms with Crippen molar-refractivity contribution in [2.75, 3.05) is 12.4 Å². The zero-order valence-corrected chi connectivity index (χ0v) is 9.60. The number of amides is 1. The lowest BCUT2D eigenvalue weighted by atomic mass is 10.2. The third kappa shape index (κ3) is 2.89. The van der Waals surface area contributed by atoms with E-state index < -0.39 is 0 Å². The molecule has 5 heteroatoms. The summed E-state index contributed by atoms with van der Waals surface area (Å²) in [5.41, 5.74) is 0.240. The molecule has 0 aromatic heterocycles. The van der Waals surface area contributed by atoms with Gasteiger partial charge in [0.25, 0.3) is 5.91 Å². The molecule has 0 fully saturated rings. The SMILES string of the molecule is O=C(NCCCl)c1cc(Br)ccc1O. The van der Waals surface area contributed by atoms with Crippen LogP contribution in [0.15, 0.2) is 22.7 Å². The van der Waals surface area contributed by atoms with Gasteiger partial charge in [-0.1, -0.05) is 15.9 Å². The second-order valence-corrected chi connectivity index (χ2v) is 3.90. The van der Waals surface area contributed by atoms with Crippen LogP contribution >= 0.6 is 27.5 Å². The van der Waals surface area contributed by atoms with Gasteiger partial charge in [-0.2, -0.15) is 0 Å². The summed E-state index contributed by atoms with van der Waals surface area (Å²) in [6, 6.07) is 4.67. The lowest BCUT2D eigenvalue weighted by molar-refractivity contribution is 0.0953. The van der Waals surface area contributed by atoms with Gasteiger partial charge >= 0.3 is 0 Å². The zero-order chi connectivity index (χ0) is 10.6. The number of rotatable bonds is 3. The molecule has 0 aliphatic carbocycles. The van der Waals surface area contributed by atoms with Crippen LogP contribution in [0.2, 0.25) is 0 Å². The standard InChI is InChI=1S/C9H9BrClNO2/c10-6-1-2-8(13)7(5-6)9(14)12-4-3-11/h1-2,5,13H,3-4H2,(H,12,14). The van der Waals surface area contributed by atoms with Crippen molar-refractivity contribution in [3.05, 3.63) is 28.2 Å². The van der Waals surface area contributed by atoms with Crippen molar-refractivity contribution in [1.29, 1.82) is 0 Å². The maximum atomic E-state index is 11.4. The van der Waals surface area contributed by atoms with Crippen molar-refractivity contribution in [2.24, 2.45) is 0 Å². The Morgan fingerprint density at radius 1 is 1.57 bits per heavy atom. The Balaban J connectivity index is 2.83. The van der Waals surface area contributed by atoms with E-state index in [0.29, 0.717) is 12.4 Å². The Labute approximate surface area is 95.2 Å². The molecule has 0 atom stereocenters. The van der Waals surface area contributed by atoms with Crippen molar-refractivity contribution in [3.63, 3.8) is 0 Å². The van der Waals surface area contributed by atoms with Crippen LogP contribution in [0.3, 0.4) is 0 Å². The van der Waals surface area contributed by atoms with Crippen molar-refractivity contribution in [1.82, 2.24) is 5.32 Å². The van der Waals surface area contributed by atoms with Crippen molar-refractivity contribution < 1.29 is 9.90 Å². The van der Waals surface area contributed by atoms with Gasteiger partial charge in [-0.25, -0.2) is 0 Å². The normalized spacial score (nSPS) is 9.86. The summed E-state index contributed by atoms with van der Waals surface area (Å²) in [5.74, 6) is -0.0229. The highest BCUT2D eigenvalue weighted by atomic mass is 79.9. The second-order valence-electron chi connectivity index (χ2n) is 2.61. The van der Waals surface area contributed by atoms with Crippen LogP contribution < -0.4 is 5.32 Å². The molecule has 1 rings (SSSR count). The predicted molar refractivity (Wildman–Crippen MR) is 58.9 cm³/mol. The summed E-state index contributed by atoms with van der Waals surface area (Å²) in [5, 5.41) is 12.0. The number of hydrogen-bond acceptors (Lipinski definition) is 2. The molecular weight excluding hydrogens is 269 g/mol. The van der Waals surface area contributed by atoms with Gasteiger partial charge in [-0.05, 0) is 18.2 Å². The number of alkyl halides is 1. The van der Waals surface area contributed by atoms with Crippen LogP contribution in [0.4, 0.5) is 0 Å². The molecule has 0 spiro atoms. The Kier molecular flexibility index (Phi) is 4.22. The number of hydrogen-bond donors (Lipinski definition) is 2. The summed E-state index contributed by atoms with van der Waals surface area (Å²) in [4.78, 5) is 11.4. The minimum atomic E-state index is -0.329. The largest absolute Gasteiger partial charge is 0.507 e. The molecule has 0 aliphatic rings. The molecule has 14 heavy (non-hydrogen) atoms. The number of nitrogens with one attached hydrogen (secondary N) is 1. The first-order chi connectivity index (χ1) is 6.65. The molecule has 0 saturated heterocycles. The van der Waals surface area contributed by atoms with E-state index >= 15 is 0 Å². The number of carbonyl (C=O) groups excluding carboxylic acids is 1. The van der Waals surface area contributed by atoms with Crippen molar-refractivity contribution in [2.45, 2.75) is 0 Å². The minimum absolute atomic E-state index is 0.0414. The van der Waals surface area contributed by atoms with E-state index in [1.165, 1.54) is 6.07 Å². The number of phenolic OH excluding ortho intramolecular Hbond substituents is 1. The molecule has 0 bridgehead atoms. The summed E-state index contributed by atoms with van der Waals surface area (Å²) in [7, 11) is 0. The lowest BCUT2D eigenvalue weighted by Gasteiger charge is -2.05. The van der Waals surface area contributed by atoms with Crippen LogP contribution in [0.25, 0.3) is 0 Å². The van der Waals surface area contributed by atoms with E-state index in [0.717, 1.165) is 4.47 Å². The van der Waals surface area contributed by atoms with E-state index in [1.54, 1.807) is 12.1 Å². The summed E-state index contributed by atoms with van der Waals surface area (Å²) < 4.78 is 0.742. The van der Waals surface area contributed by atoms with Gasteiger partial charge < -0.3 is 10.4 Å². The topological polar surface area (TPSA) is 49.3 Å². The van der Waals surface area contributed by atoms with Gasteiger partial charge in [-0.3, -0.25) is 4.79 Å². The smallest absolute Gasteiger partial charge is 0.255 e. The van der Waals surface area contributed by atoms with Gasteiger partial charge in [0.15, 0.2) is 0 Å². The van der Waals surface area contributed by atoms with E-state index in [2.05, 4.69) is 21.2 Å². The average Bonchev–Trinajstić information content (AvgIpc) is 2.18. The Bertz CT molecular complexity index is 344. The van der Waals surface area contributed by atoms with Crippen molar-refractivity contribution >= 4 is 33.4 Å². The van der Waals surface area contributed by atoms with Crippen molar-refractivity contribution in [3.8, 4) is 5.75 Å². The van der Waals surface area contributed by atoms with Gasteiger partial charge in [0.1, 0.15) is 5.75 Å². The highest BCUT2D eigenvalue weighted by Crippen LogP contribution is 2.21. The number of benzene rings is 1. The molecule has 0 aliphatic heterocycles. The van der Waals surface area contributed by atoms with E-state index in [-0.39, 0.29) is 17.2 Å². The number of halogens is 2. The lowest BCUT2D eigenvalue weighted by Crippen LogP contribution is -2.25. The first kappa shape index (κ1) is 11.3. The van der Waals surface area contributed by atoms with E-state index in [1.807, 2.05) is 0 Å². The fourth-order valence-corrected chi connectivity index (χ4v) is 1.40. The molecule has 0 heterocycles. The van der Waals surface area contributed by atoms with Crippen LogP contribution in [-0.4, -0.2) is 23.4 Å². The molecule has 76 valence electrons. The van der Waals surface area contributed by atoms with Gasteiger partial charge in [0, 0.05) is 16.9 Å². The first-order valence-corrected chi connectivity index (χ1v) is 5.30. The zero-order valence-electron chi connectivity index (χ0n) is 7.26. The Morgan fingerprint density at radius 2 is 2.29 bits per heavy atom. The number of carbonyl (C=O) groups is 1. The predicted octanol–water partition coefficient (Wildman–Crippen LogP) is 2.12. The Hall–Kier alpha value is -0.740.